The molecule has 0 atom stereocenters. The molecule has 2 fully saturated rings. The van der Waals surface area contributed by atoms with Gasteiger partial charge in [0.2, 0.25) is 23.8 Å². The van der Waals surface area contributed by atoms with E-state index in [0.29, 0.717) is 57.4 Å². The summed E-state index contributed by atoms with van der Waals surface area (Å²) in [4.78, 5) is 28.5. The Labute approximate surface area is 230 Å². The maximum Gasteiger partial charge on any atom is 0.233 e. The van der Waals surface area contributed by atoms with Gasteiger partial charge in [-0.2, -0.15) is 15.0 Å². The zero-order valence-electron chi connectivity index (χ0n) is 22.6. The highest BCUT2D eigenvalue weighted by molar-refractivity contribution is 5.78. The van der Waals surface area contributed by atoms with Crippen molar-refractivity contribution in [3.63, 3.8) is 0 Å². The van der Waals surface area contributed by atoms with Crippen LogP contribution in [0.4, 0.5) is 23.5 Å². The molecule has 1 saturated heterocycles. The third kappa shape index (κ3) is 9.88. The lowest BCUT2D eigenvalue weighted by molar-refractivity contribution is -0.120. The molecule has 2 aromatic rings. The molecule has 0 bridgehead atoms. The Kier molecular flexibility index (Phi) is 11.5. The number of aliphatic hydroxyl groups is 1. The second-order valence-corrected chi connectivity index (χ2v) is 9.99. The number of hydrogen-bond donors (Lipinski definition) is 5. The lowest BCUT2D eigenvalue weighted by Gasteiger charge is -2.26. The van der Waals surface area contributed by atoms with Gasteiger partial charge in [-0.3, -0.25) is 4.79 Å². The van der Waals surface area contributed by atoms with Crippen molar-refractivity contribution in [3.8, 4) is 0 Å². The van der Waals surface area contributed by atoms with E-state index >= 15 is 0 Å². The van der Waals surface area contributed by atoms with Crippen molar-refractivity contribution in [1.82, 2.24) is 20.3 Å². The number of anilines is 4. The smallest absolute Gasteiger partial charge is 0.233 e. The van der Waals surface area contributed by atoms with Gasteiger partial charge in [0, 0.05) is 37.9 Å². The second-order valence-electron chi connectivity index (χ2n) is 9.99. The van der Waals surface area contributed by atoms with E-state index in [-0.39, 0.29) is 24.5 Å². The average Bonchev–Trinajstić information content (AvgIpc) is 3.48. The molecule has 4 rings (SSSR count). The van der Waals surface area contributed by atoms with Gasteiger partial charge in [0.25, 0.3) is 0 Å². The zero-order valence-corrected chi connectivity index (χ0v) is 22.6. The number of amides is 1. The van der Waals surface area contributed by atoms with E-state index in [1.807, 2.05) is 24.3 Å². The minimum atomic E-state index is -0.209. The summed E-state index contributed by atoms with van der Waals surface area (Å²) in [6.45, 7) is 4.75. The largest absolute Gasteiger partial charge is 0.393 e. The van der Waals surface area contributed by atoms with E-state index in [0.717, 1.165) is 62.9 Å². The van der Waals surface area contributed by atoms with Crippen molar-refractivity contribution in [2.24, 2.45) is 5.73 Å². The van der Waals surface area contributed by atoms with Crippen LogP contribution in [0.15, 0.2) is 24.3 Å². The summed E-state index contributed by atoms with van der Waals surface area (Å²) < 4.78 is 10.7. The molecule has 2 aliphatic rings. The Morgan fingerprint density at radius 2 is 1.64 bits per heavy atom. The van der Waals surface area contributed by atoms with Crippen LogP contribution in [0.3, 0.4) is 0 Å². The van der Waals surface area contributed by atoms with Crippen LogP contribution in [0.2, 0.25) is 0 Å². The molecule has 39 heavy (non-hydrogen) atoms. The normalized spacial score (nSPS) is 19.2. The standard InChI is InChI=1S/C27H42N8O4/c28-11-15-38-17-18-39-16-12-29-24(37)19-20-3-5-21(6-4-20)30-25-32-26(31-22-7-9-23(36)10-8-22)34-27(33-25)35-13-1-2-14-35/h3-6,22-23,36H,1-2,7-19,28H2,(H,29,37)(H2,30,31,32,33,34). The van der Waals surface area contributed by atoms with E-state index in [1.54, 1.807) is 0 Å². The van der Waals surface area contributed by atoms with Gasteiger partial charge in [-0.25, -0.2) is 0 Å². The Morgan fingerprint density at radius 3 is 2.36 bits per heavy atom. The molecule has 1 aromatic carbocycles. The molecule has 1 saturated carbocycles. The van der Waals surface area contributed by atoms with Gasteiger partial charge in [0.05, 0.1) is 39.0 Å². The number of carbonyl (C=O) groups is 1. The molecule has 2 heterocycles. The first-order valence-electron chi connectivity index (χ1n) is 14.0. The minimum Gasteiger partial charge on any atom is -0.393 e. The Morgan fingerprint density at radius 1 is 0.949 bits per heavy atom. The fourth-order valence-corrected chi connectivity index (χ4v) is 4.70. The summed E-state index contributed by atoms with van der Waals surface area (Å²) in [6, 6.07) is 7.91. The predicted octanol–water partition coefficient (Wildman–Crippen LogP) is 1.58. The molecule has 1 aromatic heterocycles. The molecule has 1 amide bonds. The fraction of sp³-hybridized carbons (Fsp3) is 0.630. The van der Waals surface area contributed by atoms with Gasteiger partial charge in [0.1, 0.15) is 0 Å². The lowest BCUT2D eigenvalue weighted by atomic mass is 9.93. The highest BCUT2D eigenvalue weighted by Gasteiger charge is 2.22. The van der Waals surface area contributed by atoms with Crippen molar-refractivity contribution < 1.29 is 19.4 Å². The van der Waals surface area contributed by atoms with Crippen LogP contribution in [-0.4, -0.2) is 90.7 Å². The number of nitrogens with one attached hydrogen (secondary N) is 3. The van der Waals surface area contributed by atoms with Crippen LogP contribution in [0.1, 0.15) is 44.1 Å². The third-order valence-electron chi connectivity index (χ3n) is 6.82. The number of benzene rings is 1. The van der Waals surface area contributed by atoms with Gasteiger partial charge in [-0.05, 0) is 56.2 Å². The molecule has 0 spiro atoms. The Bertz CT molecular complexity index is 1010. The van der Waals surface area contributed by atoms with E-state index in [2.05, 4.69) is 30.8 Å². The third-order valence-corrected chi connectivity index (χ3v) is 6.82. The average molecular weight is 543 g/mol. The number of rotatable bonds is 15. The quantitative estimate of drug-likeness (QED) is 0.208. The van der Waals surface area contributed by atoms with Gasteiger partial charge in [-0.1, -0.05) is 12.1 Å². The number of nitrogens with two attached hydrogens (primary N) is 1. The number of nitrogens with zero attached hydrogens (tertiary/aromatic N) is 4. The monoisotopic (exact) mass is 542 g/mol. The van der Waals surface area contributed by atoms with E-state index in [9.17, 15) is 9.90 Å². The minimum absolute atomic E-state index is 0.0580. The Hall–Kier alpha value is -3.06. The highest BCUT2D eigenvalue weighted by Crippen LogP contribution is 2.24. The molecule has 214 valence electrons. The summed E-state index contributed by atoms with van der Waals surface area (Å²) in [5.74, 6) is 1.64. The second kappa shape index (κ2) is 15.5. The van der Waals surface area contributed by atoms with Crippen LogP contribution < -0.4 is 26.6 Å². The Balaban J connectivity index is 1.28. The molecule has 12 heteroatoms. The molecule has 1 aliphatic carbocycles. The fourth-order valence-electron chi connectivity index (χ4n) is 4.70. The number of carbonyl (C=O) groups excluding carboxylic acids is 1. The molecule has 12 nitrogen and oxygen atoms in total. The predicted molar refractivity (Wildman–Crippen MR) is 150 cm³/mol. The van der Waals surface area contributed by atoms with Crippen LogP contribution >= 0.6 is 0 Å². The van der Waals surface area contributed by atoms with E-state index in [4.69, 9.17) is 20.2 Å². The molecule has 0 unspecified atom stereocenters. The maximum atomic E-state index is 12.3. The lowest BCUT2D eigenvalue weighted by Crippen LogP contribution is -2.29. The van der Waals surface area contributed by atoms with Crippen molar-refractivity contribution >= 4 is 29.4 Å². The van der Waals surface area contributed by atoms with Gasteiger partial charge in [-0.15, -0.1) is 0 Å². The van der Waals surface area contributed by atoms with E-state index in [1.165, 1.54) is 0 Å². The van der Waals surface area contributed by atoms with Crippen LogP contribution in [0, 0.1) is 0 Å². The summed E-state index contributed by atoms with van der Waals surface area (Å²) in [7, 11) is 0. The molecular weight excluding hydrogens is 500 g/mol. The number of aliphatic hydroxyl groups excluding tert-OH is 1. The summed E-state index contributed by atoms with van der Waals surface area (Å²) >= 11 is 0. The SMILES string of the molecule is NCCOCCOCCNC(=O)Cc1ccc(Nc2nc(NC3CCC(O)CC3)nc(N3CCCC3)n2)cc1. The van der Waals surface area contributed by atoms with Gasteiger partial charge in [0.15, 0.2) is 0 Å². The first-order chi connectivity index (χ1) is 19.1. The van der Waals surface area contributed by atoms with Crippen LogP contribution in [-0.2, 0) is 20.7 Å². The van der Waals surface area contributed by atoms with Crippen molar-refractivity contribution in [2.75, 3.05) is 68.1 Å². The first kappa shape index (κ1) is 28.9. The molecule has 1 aliphatic heterocycles. The number of hydrogen-bond acceptors (Lipinski definition) is 11. The summed E-state index contributed by atoms with van der Waals surface area (Å²) in [6.07, 6.45) is 5.69. The maximum absolute atomic E-state index is 12.3. The van der Waals surface area contributed by atoms with Crippen molar-refractivity contribution in [2.45, 2.75) is 57.1 Å². The van der Waals surface area contributed by atoms with E-state index < -0.39 is 0 Å². The van der Waals surface area contributed by atoms with Gasteiger partial charge < -0.3 is 41.2 Å². The topological polar surface area (TPSA) is 160 Å². The highest BCUT2D eigenvalue weighted by atomic mass is 16.5. The molecule has 6 N–H and O–H groups in total. The zero-order chi connectivity index (χ0) is 27.3. The molecule has 0 radical (unpaired) electrons. The number of ether oxygens (including phenoxy) is 2. The van der Waals surface area contributed by atoms with Gasteiger partial charge >= 0.3 is 0 Å². The first-order valence-corrected chi connectivity index (χ1v) is 14.0. The summed E-state index contributed by atoms with van der Waals surface area (Å²) in [5, 5.41) is 19.4. The van der Waals surface area contributed by atoms with Crippen LogP contribution in [0.25, 0.3) is 0 Å². The number of aromatic nitrogens is 3. The van der Waals surface area contributed by atoms with Crippen molar-refractivity contribution in [3.05, 3.63) is 29.8 Å². The summed E-state index contributed by atoms with van der Waals surface area (Å²) in [5.41, 5.74) is 7.10. The van der Waals surface area contributed by atoms with Crippen molar-refractivity contribution in [1.29, 1.82) is 0 Å². The molecular formula is C27H42N8O4. The van der Waals surface area contributed by atoms with Crippen LogP contribution in [0.5, 0.6) is 0 Å².